The van der Waals surface area contributed by atoms with E-state index in [4.69, 9.17) is 9.47 Å². The highest BCUT2D eigenvalue weighted by Crippen LogP contribution is 2.22. The first-order valence-corrected chi connectivity index (χ1v) is 11.4. The van der Waals surface area contributed by atoms with Crippen molar-refractivity contribution in [2.75, 3.05) is 6.61 Å². The molecule has 4 nitrogen and oxygen atoms in total. The van der Waals surface area contributed by atoms with Crippen LogP contribution in [0.3, 0.4) is 0 Å². The topological polar surface area (TPSA) is 47.9 Å². The van der Waals surface area contributed by atoms with Gasteiger partial charge in [0, 0.05) is 10.4 Å². The van der Waals surface area contributed by atoms with Crippen LogP contribution in [-0.2, 0) is 9.53 Å². The van der Waals surface area contributed by atoms with Gasteiger partial charge < -0.3 is 9.47 Å². The first-order chi connectivity index (χ1) is 14.3. The van der Waals surface area contributed by atoms with E-state index >= 15 is 0 Å². The number of carbonyl (C=O) groups excluding carboxylic acids is 1. The summed E-state index contributed by atoms with van der Waals surface area (Å²) in [5, 5.41) is 1.96. The zero-order valence-electron chi connectivity index (χ0n) is 17.1. The van der Waals surface area contributed by atoms with Crippen molar-refractivity contribution in [2.24, 2.45) is 4.99 Å². The average molecular weight is 412 g/mol. The summed E-state index contributed by atoms with van der Waals surface area (Å²) in [5.41, 5.74) is 1.10. The summed E-state index contributed by atoms with van der Waals surface area (Å²) in [6.45, 7) is 2.98. The summed E-state index contributed by atoms with van der Waals surface area (Å²) in [5.74, 6) is 0.756. The van der Waals surface area contributed by atoms with Gasteiger partial charge in [0.25, 0.3) is 0 Å². The van der Waals surface area contributed by atoms with Crippen molar-refractivity contribution < 1.29 is 14.3 Å². The molecule has 0 amide bonds. The predicted molar refractivity (Wildman–Crippen MR) is 119 cm³/mol. The molecule has 0 fully saturated rings. The highest BCUT2D eigenvalue weighted by Gasteiger charge is 2.24. The molecule has 0 spiro atoms. The lowest BCUT2D eigenvalue weighted by Gasteiger charge is -2.07. The van der Waals surface area contributed by atoms with Crippen LogP contribution in [0.5, 0.6) is 5.75 Å². The van der Waals surface area contributed by atoms with Gasteiger partial charge in [0.1, 0.15) is 5.75 Å². The lowest BCUT2D eigenvalue weighted by atomic mass is 10.1. The van der Waals surface area contributed by atoms with Gasteiger partial charge in [-0.2, -0.15) is 0 Å². The third-order valence-corrected chi connectivity index (χ3v) is 5.63. The number of ether oxygens (including phenoxy) is 2. The van der Waals surface area contributed by atoms with Gasteiger partial charge in [-0.15, -0.1) is 11.3 Å². The van der Waals surface area contributed by atoms with E-state index in [1.807, 2.05) is 41.8 Å². The summed E-state index contributed by atoms with van der Waals surface area (Å²) < 4.78 is 11.1. The van der Waals surface area contributed by atoms with Gasteiger partial charge >= 0.3 is 5.97 Å². The van der Waals surface area contributed by atoms with E-state index in [9.17, 15) is 4.79 Å². The maximum Gasteiger partial charge on any atom is 0.363 e. The van der Waals surface area contributed by atoms with Crippen LogP contribution in [-0.4, -0.2) is 18.5 Å². The van der Waals surface area contributed by atoms with Crippen LogP contribution in [0, 0.1) is 0 Å². The van der Waals surface area contributed by atoms with E-state index in [0.29, 0.717) is 11.6 Å². The normalized spacial score (nSPS) is 14.9. The SMILES string of the molecule is CCCCCCCCCCOc1ccc(C2=NC(=Cc3cccs3)C(=O)O2)cc1. The Hall–Kier alpha value is -2.40. The Morgan fingerprint density at radius 3 is 2.41 bits per heavy atom. The molecule has 5 heteroatoms. The van der Waals surface area contributed by atoms with Crippen molar-refractivity contribution in [1.29, 1.82) is 0 Å². The Labute approximate surface area is 177 Å². The van der Waals surface area contributed by atoms with Gasteiger partial charge in [-0.1, -0.05) is 57.9 Å². The monoisotopic (exact) mass is 411 g/mol. The first kappa shape index (κ1) is 21.3. The Morgan fingerprint density at radius 2 is 1.72 bits per heavy atom. The third kappa shape index (κ3) is 6.86. The second-order valence-electron chi connectivity index (χ2n) is 7.20. The summed E-state index contributed by atoms with van der Waals surface area (Å²) in [6, 6.07) is 11.4. The Balaban J connectivity index is 1.42. The van der Waals surface area contributed by atoms with Crippen LogP contribution >= 0.6 is 11.3 Å². The number of unbranched alkanes of at least 4 members (excludes halogenated alkanes) is 7. The highest BCUT2D eigenvalue weighted by atomic mass is 32.1. The van der Waals surface area contributed by atoms with Crippen LogP contribution in [0.25, 0.3) is 6.08 Å². The molecule has 1 aromatic carbocycles. The molecule has 0 radical (unpaired) electrons. The second kappa shape index (κ2) is 11.6. The smallest absolute Gasteiger partial charge is 0.363 e. The van der Waals surface area contributed by atoms with Crippen LogP contribution in [0.2, 0.25) is 0 Å². The van der Waals surface area contributed by atoms with Crippen LogP contribution in [0.4, 0.5) is 0 Å². The fourth-order valence-electron chi connectivity index (χ4n) is 3.16. The highest BCUT2D eigenvalue weighted by molar-refractivity contribution is 7.10. The van der Waals surface area contributed by atoms with Gasteiger partial charge in [0.2, 0.25) is 5.90 Å². The number of hydrogen-bond acceptors (Lipinski definition) is 5. The van der Waals surface area contributed by atoms with E-state index in [1.165, 1.54) is 44.9 Å². The molecule has 0 bridgehead atoms. The van der Waals surface area contributed by atoms with Crippen LogP contribution < -0.4 is 4.74 Å². The minimum absolute atomic E-state index is 0.331. The minimum Gasteiger partial charge on any atom is -0.494 e. The third-order valence-electron chi connectivity index (χ3n) is 4.81. The molecule has 0 aliphatic carbocycles. The number of benzene rings is 1. The van der Waals surface area contributed by atoms with Crippen molar-refractivity contribution in [3.05, 3.63) is 57.9 Å². The maximum absolute atomic E-state index is 12.0. The van der Waals surface area contributed by atoms with Crippen molar-refractivity contribution >= 4 is 29.3 Å². The number of hydrogen-bond donors (Lipinski definition) is 0. The quantitative estimate of drug-likeness (QED) is 0.224. The summed E-state index contributed by atoms with van der Waals surface area (Å²) >= 11 is 1.56. The van der Waals surface area contributed by atoms with E-state index in [1.54, 1.807) is 17.4 Å². The van der Waals surface area contributed by atoms with Gasteiger partial charge in [0.05, 0.1) is 6.61 Å². The average Bonchev–Trinajstić information content (AvgIpc) is 3.38. The Kier molecular flexibility index (Phi) is 8.50. The van der Waals surface area contributed by atoms with E-state index in [0.717, 1.165) is 29.2 Å². The first-order valence-electron chi connectivity index (χ1n) is 10.6. The second-order valence-corrected chi connectivity index (χ2v) is 8.18. The molecule has 0 atom stereocenters. The number of aliphatic imine (C=N–C) groups is 1. The maximum atomic E-state index is 12.0. The van der Waals surface area contributed by atoms with Gasteiger partial charge in [0.15, 0.2) is 5.70 Å². The largest absolute Gasteiger partial charge is 0.494 e. The Morgan fingerprint density at radius 1 is 1.00 bits per heavy atom. The minimum atomic E-state index is -0.413. The molecule has 1 aliphatic heterocycles. The summed E-state index contributed by atoms with van der Waals surface area (Å²) in [4.78, 5) is 17.3. The molecular weight excluding hydrogens is 382 g/mol. The molecule has 0 saturated heterocycles. The predicted octanol–water partition coefficient (Wildman–Crippen LogP) is 6.61. The molecule has 29 heavy (non-hydrogen) atoms. The Bertz CT molecular complexity index is 822. The number of esters is 1. The lowest BCUT2D eigenvalue weighted by Crippen LogP contribution is -2.05. The van der Waals surface area contributed by atoms with Crippen molar-refractivity contribution in [3.8, 4) is 5.75 Å². The van der Waals surface area contributed by atoms with Gasteiger partial charge in [-0.05, 0) is 48.2 Å². The molecule has 3 rings (SSSR count). The standard InChI is InChI=1S/C24H29NO3S/c1-2-3-4-5-6-7-8-9-16-27-20-14-12-19(13-15-20)23-25-22(24(26)28-23)18-21-11-10-17-29-21/h10-15,17-18H,2-9,16H2,1H3. The zero-order valence-corrected chi connectivity index (χ0v) is 17.9. The number of thiophene rings is 1. The molecule has 2 heterocycles. The van der Waals surface area contributed by atoms with E-state index < -0.39 is 5.97 Å². The summed E-state index contributed by atoms with van der Waals surface area (Å²) in [7, 11) is 0. The molecule has 2 aromatic rings. The molecule has 0 N–H and O–H groups in total. The summed E-state index contributed by atoms with van der Waals surface area (Å²) in [6.07, 6.45) is 12.1. The number of rotatable bonds is 12. The van der Waals surface area contributed by atoms with Crippen molar-refractivity contribution in [2.45, 2.75) is 58.3 Å². The molecule has 1 aromatic heterocycles. The van der Waals surface area contributed by atoms with Crippen LogP contribution in [0.1, 0.15) is 68.7 Å². The van der Waals surface area contributed by atoms with Crippen molar-refractivity contribution in [1.82, 2.24) is 0 Å². The fourth-order valence-corrected chi connectivity index (χ4v) is 3.81. The lowest BCUT2D eigenvalue weighted by molar-refractivity contribution is -0.129. The van der Waals surface area contributed by atoms with E-state index in [2.05, 4.69) is 11.9 Å². The van der Waals surface area contributed by atoms with Gasteiger partial charge in [-0.3, -0.25) is 0 Å². The number of carbonyl (C=O) groups is 1. The molecular formula is C24H29NO3S. The number of cyclic esters (lactones) is 1. The molecule has 0 unspecified atom stereocenters. The molecule has 1 aliphatic rings. The zero-order chi connectivity index (χ0) is 20.3. The fraction of sp³-hybridized carbons (Fsp3) is 0.417. The molecule has 154 valence electrons. The van der Waals surface area contributed by atoms with Crippen molar-refractivity contribution in [3.63, 3.8) is 0 Å². The number of nitrogens with zero attached hydrogens (tertiary/aromatic N) is 1. The van der Waals surface area contributed by atoms with Crippen LogP contribution in [0.15, 0.2) is 52.5 Å². The van der Waals surface area contributed by atoms with E-state index in [-0.39, 0.29) is 0 Å². The van der Waals surface area contributed by atoms with Gasteiger partial charge in [-0.25, -0.2) is 9.79 Å². The molecule has 0 saturated carbocycles.